The van der Waals surface area contributed by atoms with Crippen molar-refractivity contribution in [2.45, 2.75) is 24.0 Å². The fourth-order valence-electron chi connectivity index (χ4n) is 3.13. The highest BCUT2D eigenvalue weighted by Crippen LogP contribution is 2.53. The van der Waals surface area contributed by atoms with Crippen molar-refractivity contribution in [3.05, 3.63) is 0 Å². The predicted molar refractivity (Wildman–Crippen MR) is 83.6 cm³/mol. The molecule has 4 N–H and O–H groups in total. The minimum atomic E-state index is -3.30. The summed E-state index contributed by atoms with van der Waals surface area (Å²) >= 11 is 0. The maximum Gasteiger partial charge on any atom is 0.512 e. The highest BCUT2D eigenvalue weighted by atomic mass is 28.5. The third kappa shape index (κ3) is 2.97. The Morgan fingerprint density at radius 3 is 1.24 bits per heavy atom. The van der Waals surface area contributed by atoms with Gasteiger partial charge in [-0.25, -0.2) is 0 Å². The van der Waals surface area contributed by atoms with Crippen molar-refractivity contribution in [2.75, 3.05) is 49.2 Å². The van der Waals surface area contributed by atoms with E-state index in [0.717, 1.165) is 0 Å². The summed E-state index contributed by atoms with van der Waals surface area (Å²) in [7, 11) is 2.53. The molecular formula is C11H30N2O6Si2. The van der Waals surface area contributed by atoms with Crippen LogP contribution >= 0.6 is 0 Å². The molecule has 0 aliphatic heterocycles. The van der Waals surface area contributed by atoms with Crippen LogP contribution in [0.1, 0.15) is 13.3 Å². The van der Waals surface area contributed by atoms with Crippen LogP contribution < -0.4 is 11.5 Å². The highest BCUT2D eigenvalue weighted by molar-refractivity contribution is 6.85. The molecule has 8 nitrogen and oxygen atoms in total. The number of rotatable bonds is 11. The van der Waals surface area contributed by atoms with Gasteiger partial charge >= 0.3 is 17.6 Å². The van der Waals surface area contributed by atoms with E-state index in [1.165, 1.54) is 42.7 Å². The Morgan fingerprint density at radius 1 is 0.810 bits per heavy atom. The third-order valence-corrected chi connectivity index (χ3v) is 12.8. The summed E-state index contributed by atoms with van der Waals surface area (Å²) in [6.07, 6.45) is 0.509. The van der Waals surface area contributed by atoms with Crippen molar-refractivity contribution in [2.24, 2.45) is 11.5 Å². The first kappa shape index (κ1) is 21.1. The zero-order chi connectivity index (χ0) is 16.7. The Morgan fingerprint density at radius 2 is 1.10 bits per heavy atom. The second kappa shape index (κ2) is 8.67. The minimum absolute atomic E-state index is 0.184. The number of hydrogen-bond acceptors (Lipinski definition) is 8. The second-order valence-electron chi connectivity index (χ2n) is 4.50. The van der Waals surface area contributed by atoms with Crippen molar-refractivity contribution in [3.8, 4) is 0 Å². The Labute approximate surface area is 129 Å². The van der Waals surface area contributed by atoms with Crippen LogP contribution in [-0.4, -0.2) is 72.9 Å². The topological polar surface area (TPSA) is 107 Å². The van der Waals surface area contributed by atoms with Gasteiger partial charge in [0.15, 0.2) is 0 Å². The Kier molecular flexibility index (Phi) is 8.72. The monoisotopic (exact) mass is 342 g/mol. The summed E-state index contributed by atoms with van der Waals surface area (Å²) in [5.41, 5.74) is 12.2. The normalized spacial score (nSPS) is 15.3. The van der Waals surface area contributed by atoms with Crippen LogP contribution in [0.4, 0.5) is 0 Å². The van der Waals surface area contributed by atoms with E-state index in [0.29, 0.717) is 6.42 Å². The molecule has 21 heavy (non-hydrogen) atoms. The first-order chi connectivity index (χ1) is 9.91. The molecule has 128 valence electrons. The lowest BCUT2D eigenvalue weighted by Gasteiger charge is -2.51. The predicted octanol–water partition coefficient (Wildman–Crippen LogP) is -0.282. The third-order valence-electron chi connectivity index (χ3n) is 4.15. The first-order valence-electron chi connectivity index (χ1n) is 6.67. The number of nitrogens with two attached hydrogens (primary N) is 2. The lowest BCUT2D eigenvalue weighted by molar-refractivity contribution is 0.0456. The molecule has 10 heteroatoms. The molecule has 0 saturated heterocycles. The SMILES string of the molecule is CCC(C(N)CN)([Si](OC)(OC)OC)[Si](OC)(OC)OC. The maximum atomic E-state index is 6.35. The molecule has 0 aromatic heterocycles. The van der Waals surface area contributed by atoms with Gasteiger partial charge in [0, 0.05) is 55.2 Å². The van der Waals surface area contributed by atoms with Crippen LogP contribution in [-0.2, 0) is 26.6 Å². The molecular weight excluding hydrogens is 312 g/mol. The van der Waals surface area contributed by atoms with Crippen LogP contribution in [0, 0.1) is 0 Å². The largest absolute Gasteiger partial charge is 0.512 e. The molecule has 0 saturated carbocycles. The summed E-state index contributed by atoms with van der Waals surface area (Å²) in [6.45, 7) is 2.12. The number of hydrogen-bond donors (Lipinski definition) is 2. The Balaban J connectivity index is 6.47. The van der Waals surface area contributed by atoms with Crippen LogP contribution in [0.3, 0.4) is 0 Å². The van der Waals surface area contributed by atoms with Crippen molar-refractivity contribution < 1.29 is 26.6 Å². The zero-order valence-corrected chi connectivity index (χ0v) is 16.1. The zero-order valence-electron chi connectivity index (χ0n) is 14.1. The van der Waals surface area contributed by atoms with E-state index in [4.69, 9.17) is 38.0 Å². The van der Waals surface area contributed by atoms with Gasteiger partial charge in [0.05, 0.1) is 0 Å². The summed E-state index contributed by atoms with van der Waals surface area (Å²) in [6, 6.07) is -0.541. The van der Waals surface area contributed by atoms with Gasteiger partial charge in [-0.3, -0.25) is 0 Å². The smallest absolute Gasteiger partial charge is 0.376 e. The lowest BCUT2D eigenvalue weighted by Crippen LogP contribution is -2.75. The van der Waals surface area contributed by atoms with Crippen LogP contribution in [0.2, 0.25) is 4.66 Å². The molecule has 0 aromatic rings. The molecule has 0 fully saturated rings. The molecule has 0 aliphatic carbocycles. The quantitative estimate of drug-likeness (QED) is 0.494. The maximum absolute atomic E-state index is 6.35. The second-order valence-corrected chi connectivity index (χ2v) is 11.5. The molecule has 0 aromatic carbocycles. The fraction of sp³-hybridized carbons (Fsp3) is 1.00. The average molecular weight is 343 g/mol. The van der Waals surface area contributed by atoms with Gasteiger partial charge in [-0.05, 0) is 6.42 Å². The van der Waals surface area contributed by atoms with Crippen LogP contribution in [0.15, 0.2) is 0 Å². The highest BCUT2D eigenvalue weighted by Gasteiger charge is 2.77. The summed E-state index contributed by atoms with van der Waals surface area (Å²) in [5.74, 6) is 0. The van der Waals surface area contributed by atoms with E-state index >= 15 is 0 Å². The molecule has 0 radical (unpaired) electrons. The first-order valence-corrected chi connectivity index (χ1v) is 10.1. The van der Waals surface area contributed by atoms with Crippen LogP contribution in [0.5, 0.6) is 0 Å². The molecule has 0 heterocycles. The molecule has 1 unspecified atom stereocenters. The molecule has 0 aliphatic rings. The van der Waals surface area contributed by atoms with Crippen molar-refractivity contribution in [3.63, 3.8) is 0 Å². The molecule has 0 bridgehead atoms. The van der Waals surface area contributed by atoms with Gasteiger partial charge in [0.25, 0.3) is 0 Å². The van der Waals surface area contributed by atoms with Crippen molar-refractivity contribution in [1.29, 1.82) is 0 Å². The van der Waals surface area contributed by atoms with Gasteiger partial charge in [-0.1, -0.05) is 6.92 Å². The molecule has 0 amide bonds. The van der Waals surface area contributed by atoms with E-state index in [1.54, 1.807) is 0 Å². The van der Waals surface area contributed by atoms with E-state index in [-0.39, 0.29) is 6.54 Å². The summed E-state index contributed by atoms with van der Waals surface area (Å²) in [5, 5.41) is 0. The van der Waals surface area contributed by atoms with E-state index in [1.807, 2.05) is 6.92 Å². The van der Waals surface area contributed by atoms with Crippen LogP contribution in [0.25, 0.3) is 0 Å². The Bertz CT molecular complexity index is 266. The van der Waals surface area contributed by atoms with Gasteiger partial charge in [0.2, 0.25) is 0 Å². The average Bonchev–Trinajstić information content (AvgIpc) is 2.55. The molecule has 1 atom stereocenters. The van der Waals surface area contributed by atoms with Crippen molar-refractivity contribution in [1.82, 2.24) is 0 Å². The van der Waals surface area contributed by atoms with Gasteiger partial charge in [-0.2, -0.15) is 0 Å². The molecule has 0 spiro atoms. The van der Waals surface area contributed by atoms with E-state index < -0.39 is 28.3 Å². The minimum Gasteiger partial charge on any atom is -0.376 e. The molecule has 0 rings (SSSR count). The van der Waals surface area contributed by atoms with Gasteiger partial charge in [-0.15, -0.1) is 0 Å². The van der Waals surface area contributed by atoms with Crippen molar-refractivity contribution >= 4 is 17.6 Å². The van der Waals surface area contributed by atoms with E-state index in [2.05, 4.69) is 0 Å². The van der Waals surface area contributed by atoms with Gasteiger partial charge < -0.3 is 38.0 Å². The lowest BCUT2D eigenvalue weighted by atomic mass is 10.1. The summed E-state index contributed by atoms with van der Waals surface area (Å²) < 4.78 is 33.2. The summed E-state index contributed by atoms with van der Waals surface area (Å²) in [4.78, 5) is 0. The Hall–Kier alpha value is 0.114. The van der Waals surface area contributed by atoms with Gasteiger partial charge in [0.1, 0.15) is 4.66 Å². The fourth-order valence-corrected chi connectivity index (χ4v) is 11.7. The standard InChI is InChI=1S/C11H30N2O6Si2/c1-8-11(10(13)9-12,20(14-2,15-3)16-4)21(17-5,18-6)19-7/h10H,8-9,12-13H2,1-7H3. The van der Waals surface area contributed by atoms with E-state index in [9.17, 15) is 0 Å².